The molecule has 0 atom stereocenters. The topological polar surface area (TPSA) is 26.0 Å². The van der Waals surface area contributed by atoms with Gasteiger partial charge in [0.1, 0.15) is 0 Å². The van der Waals surface area contributed by atoms with Gasteiger partial charge in [0.05, 0.1) is 0 Å². The van der Waals surface area contributed by atoms with Gasteiger partial charge >= 0.3 is 5.51 Å². The molecule has 0 amide bonds. The lowest BCUT2D eigenvalue weighted by atomic mass is 10.8. The van der Waals surface area contributed by atoms with Gasteiger partial charge in [-0.05, 0) is 11.8 Å². The Morgan fingerprint density at radius 3 is 1.89 bits per heavy atom. The first-order chi connectivity index (χ1) is 3.56. The van der Waals surface area contributed by atoms with Gasteiger partial charge in [-0.25, -0.2) is 0 Å². The average Bonchev–Trinajstić information content (AvgIpc) is 1.59. The highest BCUT2D eigenvalue weighted by Crippen LogP contribution is 2.29. The van der Waals surface area contributed by atoms with Gasteiger partial charge in [0.2, 0.25) is 0 Å². The first-order valence-corrected chi connectivity index (χ1v) is 2.95. The number of rotatable bonds is 2. The Kier molecular flexibility index (Phi) is 6.99. The van der Waals surface area contributed by atoms with Crippen LogP contribution in [0, 0.1) is 0 Å². The van der Waals surface area contributed by atoms with Crippen LogP contribution in [0.5, 0.6) is 0 Å². The Bertz CT molecular complexity index is 66.6. The molecule has 0 aromatic carbocycles. The summed E-state index contributed by atoms with van der Waals surface area (Å²) < 4.78 is 33.5. The predicted octanol–water partition coefficient (Wildman–Crippen LogP) is -1.80. The van der Waals surface area contributed by atoms with Crippen LogP contribution in [0.25, 0.3) is 0 Å². The minimum Gasteiger partial charge on any atom is -1.00 e. The molecule has 2 N–H and O–H groups in total. The van der Waals surface area contributed by atoms with Crippen LogP contribution >= 0.6 is 11.8 Å². The highest BCUT2D eigenvalue weighted by molar-refractivity contribution is 8.00. The van der Waals surface area contributed by atoms with E-state index in [0.717, 1.165) is 0 Å². The number of hydrogen-bond acceptors (Lipinski definition) is 2. The van der Waals surface area contributed by atoms with Crippen molar-refractivity contribution in [2.75, 3.05) is 12.3 Å². The molecule has 1 nitrogen and oxygen atoms in total. The highest BCUT2D eigenvalue weighted by atomic mass is 35.5. The lowest BCUT2D eigenvalue weighted by Crippen LogP contribution is -3.00. The Balaban J connectivity index is 0. The van der Waals surface area contributed by atoms with E-state index in [1.54, 1.807) is 0 Å². The number of nitrogens with two attached hydrogens (primary N) is 1. The van der Waals surface area contributed by atoms with Crippen LogP contribution in [0.15, 0.2) is 0 Å². The number of halogens is 4. The summed E-state index contributed by atoms with van der Waals surface area (Å²) in [5, 5.41) is 0. The standard InChI is InChI=1S/C3H6F3NS.ClH/c4-3(5,6)8-2-1-7;/h1-2,7H2;1H/p-1. The van der Waals surface area contributed by atoms with Crippen LogP contribution in [-0.2, 0) is 0 Å². The van der Waals surface area contributed by atoms with Gasteiger partial charge in [0.25, 0.3) is 0 Å². The first-order valence-electron chi connectivity index (χ1n) is 1.97. The molecule has 0 spiro atoms. The fraction of sp³-hybridized carbons (Fsp3) is 1.00. The molecule has 0 aromatic heterocycles. The zero-order valence-corrected chi connectivity index (χ0v) is 5.98. The van der Waals surface area contributed by atoms with Crippen molar-refractivity contribution in [2.45, 2.75) is 5.51 Å². The van der Waals surface area contributed by atoms with Crippen molar-refractivity contribution < 1.29 is 25.6 Å². The third-order valence-electron chi connectivity index (χ3n) is 0.384. The monoisotopic (exact) mass is 180 g/mol. The summed E-state index contributed by atoms with van der Waals surface area (Å²) in [5.74, 6) is -0.0521. The van der Waals surface area contributed by atoms with Gasteiger partial charge in [0.15, 0.2) is 0 Å². The van der Waals surface area contributed by atoms with Crippen LogP contribution in [0.3, 0.4) is 0 Å². The van der Waals surface area contributed by atoms with Crippen molar-refractivity contribution in [3.63, 3.8) is 0 Å². The molecule has 0 aromatic rings. The fourth-order valence-electron chi connectivity index (χ4n) is 0.175. The predicted molar refractivity (Wildman–Crippen MR) is 27.6 cm³/mol. The molecular formula is C3H6ClF3NS-. The van der Waals surface area contributed by atoms with Gasteiger partial charge in [-0.15, -0.1) is 0 Å². The number of hydrogen-bond donors (Lipinski definition) is 1. The summed E-state index contributed by atoms with van der Waals surface area (Å²) in [4.78, 5) is 0. The van der Waals surface area contributed by atoms with Crippen molar-refractivity contribution in [1.82, 2.24) is 0 Å². The largest absolute Gasteiger partial charge is 1.00 e. The van der Waals surface area contributed by atoms with Crippen molar-refractivity contribution in [2.24, 2.45) is 5.73 Å². The molecule has 0 saturated carbocycles. The van der Waals surface area contributed by atoms with Crippen molar-refractivity contribution in [1.29, 1.82) is 0 Å². The van der Waals surface area contributed by atoms with E-state index in [1.807, 2.05) is 0 Å². The summed E-state index contributed by atoms with van der Waals surface area (Å²) in [6, 6.07) is 0. The van der Waals surface area contributed by atoms with Gasteiger partial charge in [-0.1, -0.05) is 0 Å². The van der Waals surface area contributed by atoms with E-state index in [2.05, 4.69) is 0 Å². The molecule has 0 saturated heterocycles. The van der Waals surface area contributed by atoms with Gasteiger partial charge in [-0.2, -0.15) is 13.2 Å². The smallest absolute Gasteiger partial charge is 0.441 e. The van der Waals surface area contributed by atoms with Gasteiger partial charge < -0.3 is 18.1 Å². The maximum absolute atomic E-state index is 11.2. The minimum absolute atomic E-state index is 0. The van der Waals surface area contributed by atoms with E-state index in [4.69, 9.17) is 5.73 Å². The third kappa shape index (κ3) is 11.8. The molecule has 0 unspecified atom stereocenters. The van der Waals surface area contributed by atoms with E-state index in [0.29, 0.717) is 0 Å². The molecule has 9 heavy (non-hydrogen) atoms. The maximum atomic E-state index is 11.2. The first kappa shape index (κ1) is 12.1. The SMILES string of the molecule is NCCSC(F)(F)F.[Cl-]. The second-order valence-corrected chi connectivity index (χ2v) is 2.24. The minimum atomic E-state index is -4.11. The number of thioether (sulfide) groups is 1. The van der Waals surface area contributed by atoms with Crippen molar-refractivity contribution in [3.05, 3.63) is 0 Å². The van der Waals surface area contributed by atoms with E-state index in [9.17, 15) is 13.2 Å². The van der Waals surface area contributed by atoms with Crippen molar-refractivity contribution in [3.8, 4) is 0 Å². The summed E-state index contributed by atoms with van der Waals surface area (Å²) in [6.07, 6.45) is 0. The molecule has 0 radical (unpaired) electrons. The van der Waals surface area contributed by atoms with E-state index >= 15 is 0 Å². The molecule has 0 rings (SSSR count). The van der Waals surface area contributed by atoms with Gasteiger partial charge in [-0.3, -0.25) is 0 Å². The second-order valence-electron chi connectivity index (χ2n) is 1.08. The second kappa shape index (κ2) is 5.20. The van der Waals surface area contributed by atoms with Crippen LogP contribution < -0.4 is 18.1 Å². The number of alkyl halides is 3. The summed E-state index contributed by atoms with van der Waals surface area (Å²) in [6.45, 7) is 0.0736. The quantitative estimate of drug-likeness (QED) is 0.543. The molecule has 0 aliphatic heterocycles. The zero-order chi connectivity index (χ0) is 6.62. The van der Waals surface area contributed by atoms with Crippen LogP contribution in [0.4, 0.5) is 13.2 Å². The fourth-order valence-corrected chi connectivity index (χ4v) is 0.524. The zero-order valence-electron chi connectivity index (χ0n) is 4.41. The molecule has 58 valence electrons. The molecule has 0 aliphatic rings. The van der Waals surface area contributed by atoms with Crippen molar-refractivity contribution >= 4 is 11.8 Å². The third-order valence-corrected chi connectivity index (χ3v) is 1.15. The van der Waals surface area contributed by atoms with E-state index < -0.39 is 5.51 Å². The Morgan fingerprint density at radius 2 is 1.78 bits per heavy atom. The molecule has 0 heterocycles. The Labute approximate surface area is 61.6 Å². The van der Waals surface area contributed by atoms with Crippen LogP contribution in [-0.4, -0.2) is 17.8 Å². The molecular weight excluding hydrogens is 175 g/mol. The maximum Gasteiger partial charge on any atom is 0.441 e. The average molecular weight is 181 g/mol. The van der Waals surface area contributed by atoms with Crippen LogP contribution in [0.1, 0.15) is 0 Å². The molecule has 0 fully saturated rings. The Hall–Kier alpha value is 0.390. The highest BCUT2D eigenvalue weighted by Gasteiger charge is 2.26. The lowest BCUT2D eigenvalue weighted by Gasteiger charge is -2.01. The molecule has 0 bridgehead atoms. The van der Waals surface area contributed by atoms with E-state index in [-0.39, 0.29) is 36.5 Å². The van der Waals surface area contributed by atoms with Crippen LogP contribution in [0.2, 0.25) is 0 Å². The summed E-state index contributed by atoms with van der Waals surface area (Å²) in [5.41, 5.74) is 0.703. The summed E-state index contributed by atoms with van der Waals surface area (Å²) >= 11 is -0.0914. The normalized spacial score (nSPS) is 10.7. The summed E-state index contributed by atoms with van der Waals surface area (Å²) in [7, 11) is 0. The van der Waals surface area contributed by atoms with E-state index in [1.165, 1.54) is 0 Å². The van der Waals surface area contributed by atoms with Gasteiger partial charge in [0, 0.05) is 12.3 Å². The lowest BCUT2D eigenvalue weighted by molar-refractivity contribution is -0.0327. The Morgan fingerprint density at radius 1 is 1.33 bits per heavy atom. The molecule has 0 aliphatic carbocycles. The molecule has 6 heteroatoms.